The third-order valence-electron chi connectivity index (χ3n) is 5.21. The lowest BCUT2D eigenvalue weighted by Crippen LogP contribution is -2.41. The van der Waals surface area contributed by atoms with Crippen LogP contribution in [0.4, 0.5) is 13.6 Å². The molecule has 0 bridgehead atoms. The fourth-order valence-corrected chi connectivity index (χ4v) is 4.86. The number of carboxylic acid groups (broad SMARTS) is 1. The van der Waals surface area contributed by atoms with Crippen LogP contribution in [-0.2, 0) is 21.4 Å². The number of alkyl halides is 2. The number of hydrogen-bond acceptors (Lipinski definition) is 8. The number of carbonyl (C=O) groups is 2. The summed E-state index contributed by atoms with van der Waals surface area (Å²) in [6, 6.07) is 3.69. The summed E-state index contributed by atoms with van der Waals surface area (Å²) in [7, 11) is -3.49. The summed E-state index contributed by atoms with van der Waals surface area (Å²) < 4.78 is 57.2. The fraction of sp³-hybridized carbons (Fsp3) is 0.500. The van der Waals surface area contributed by atoms with Gasteiger partial charge in [0.2, 0.25) is 17.7 Å². The van der Waals surface area contributed by atoms with E-state index in [9.17, 15) is 31.9 Å². The van der Waals surface area contributed by atoms with Gasteiger partial charge in [-0.1, -0.05) is 0 Å². The van der Waals surface area contributed by atoms with Crippen molar-refractivity contribution in [3.63, 3.8) is 0 Å². The SMILES string of the molecule is COc1cc(-c2nnn(CC3CCC(F)(F)CC3)n2)ccc1S(=O)(=O)N(CC(N)=O)C(=O)O. The average Bonchev–Trinajstić information content (AvgIpc) is 3.21. The maximum absolute atomic E-state index is 13.3. The first-order valence-electron chi connectivity index (χ1n) is 9.81. The highest BCUT2D eigenvalue weighted by Gasteiger charge is 2.35. The number of tetrazole rings is 1. The molecule has 0 atom stereocenters. The molecule has 0 saturated heterocycles. The number of carbonyl (C=O) groups excluding carboxylic acids is 1. The zero-order chi connectivity index (χ0) is 24.4. The molecule has 1 heterocycles. The second-order valence-corrected chi connectivity index (χ2v) is 9.42. The number of methoxy groups -OCH3 is 1. The average molecular weight is 488 g/mol. The van der Waals surface area contributed by atoms with E-state index in [1.165, 1.54) is 24.0 Å². The van der Waals surface area contributed by atoms with Crippen LogP contribution in [-0.4, -0.2) is 69.6 Å². The van der Waals surface area contributed by atoms with Crippen molar-refractivity contribution in [1.29, 1.82) is 0 Å². The molecule has 1 aromatic carbocycles. The van der Waals surface area contributed by atoms with Crippen LogP contribution in [0, 0.1) is 5.92 Å². The fourth-order valence-electron chi connectivity index (χ4n) is 3.49. The van der Waals surface area contributed by atoms with Crippen LogP contribution in [0.25, 0.3) is 11.4 Å². The number of nitrogens with two attached hydrogens (primary N) is 1. The molecule has 1 saturated carbocycles. The van der Waals surface area contributed by atoms with Crippen LogP contribution in [0.3, 0.4) is 0 Å². The highest BCUT2D eigenvalue weighted by Crippen LogP contribution is 2.36. The number of rotatable bonds is 8. The number of sulfonamides is 1. The van der Waals surface area contributed by atoms with Crippen molar-refractivity contribution in [3.05, 3.63) is 18.2 Å². The first-order chi connectivity index (χ1) is 15.4. The van der Waals surface area contributed by atoms with Crippen LogP contribution < -0.4 is 10.5 Å². The minimum Gasteiger partial charge on any atom is -0.495 e. The molecule has 0 unspecified atom stereocenters. The van der Waals surface area contributed by atoms with Crippen LogP contribution >= 0.6 is 0 Å². The molecular formula is C18H22F2N6O6S. The maximum Gasteiger partial charge on any atom is 0.421 e. The highest BCUT2D eigenvalue weighted by molar-refractivity contribution is 7.89. The largest absolute Gasteiger partial charge is 0.495 e. The predicted octanol–water partition coefficient (Wildman–Crippen LogP) is 1.33. The molecule has 180 valence electrons. The topological polar surface area (TPSA) is 171 Å². The van der Waals surface area contributed by atoms with E-state index in [2.05, 4.69) is 15.4 Å². The third-order valence-corrected chi connectivity index (χ3v) is 6.97. The second-order valence-electron chi connectivity index (χ2n) is 7.59. The van der Waals surface area contributed by atoms with Crippen molar-refractivity contribution in [2.24, 2.45) is 11.7 Å². The summed E-state index contributed by atoms with van der Waals surface area (Å²) in [5.74, 6) is -3.89. The lowest BCUT2D eigenvalue weighted by molar-refractivity contribution is -0.118. The van der Waals surface area contributed by atoms with Gasteiger partial charge < -0.3 is 15.6 Å². The van der Waals surface area contributed by atoms with Gasteiger partial charge in [-0.25, -0.2) is 22.0 Å². The van der Waals surface area contributed by atoms with Crippen molar-refractivity contribution < 1.29 is 36.6 Å². The van der Waals surface area contributed by atoms with Gasteiger partial charge in [-0.2, -0.15) is 9.10 Å². The lowest BCUT2D eigenvalue weighted by atomic mass is 9.87. The number of hydrogen-bond donors (Lipinski definition) is 2. The quantitative estimate of drug-likeness (QED) is 0.556. The van der Waals surface area contributed by atoms with Crippen molar-refractivity contribution in [1.82, 2.24) is 24.5 Å². The summed E-state index contributed by atoms with van der Waals surface area (Å²) in [5, 5.41) is 21.3. The van der Waals surface area contributed by atoms with E-state index in [-0.39, 0.29) is 34.6 Å². The molecule has 1 fully saturated rings. The Bertz CT molecular complexity index is 1150. The molecule has 1 aliphatic carbocycles. The number of halogens is 2. The van der Waals surface area contributed by atoms with Gasteiger partial charge in [0, 0.05) is 18.4 Å². The van der Waals surface area contributed by atoms with E-state index in [0.29, 0.717) is 24.9 Å². The van der Waals surface area contributed by atoms with E-state index in [4.69, 9.17) is 10.5 Å². The molecule has 33 heavy (non-hydrogen) atoms. The van der Waals surface area contributed by atoms with E-state index in [1.807, 2.05) is 0 Å². The lowest BCUT2D eigenvalue weighted by Gasteiger charge is -2.27. The Morgan fingerprint density at radius 2 is 2.00 bits per heavy atom. The van der Waals surface area contributed by atoms with Crippen LogP contribution in [0.15, 0.2) is 23.1 Å². The molecule has 12 nitrogen and oxygen atoms in total. The van der Waals surface area contributed by atoms with Crippen molar-refractivity contribution in [2.75, 3.05) is 13.7 Å². The van der Waals surface area contributed by atoms with Gasteiger partial charge in [-0.3, -0.25) is 4.79 Å². The number of aromatic nitrogens is 4. The van der Waals surface area contributed by atoms with Gasteiger partial charge in [-0.15, -0.1) is 10.2 Å². The van der Waals surface area contributed by atoms with Crippen molar-refractivity contribution in [3.8, 4) is 17.1 Å². The molecular weight excluding hydrogens is 466 g/mol. The van der Waals surface area contributed by atoms with E-state index >= 15 is 0 Å². The molecule has 2 aromatic rings. The van der Waals surface area contributed by atoms with Gasteiger partial charge in [0.15, 0.2) is 0 Å². The summed E-state index contributed by atoms with van der Waals surface area (Å²) >= 11 is 0. The normalized spacial score (nSPS) is 16.3. The van der Waals surface area contributed by atoms with Crippen molar-refractivity contribution in [2.45, 2.75) is 43.0 Å². The standard InChI is InChI=1S/C18H22F2N6O6S/c1-32-13-8-12(2-3-14(13)33(30,31)25(17(28)29)10-15(21)27)16-22-24-26(23-16)9-11-4-6-18(19,20)7-5-11/h2-3,8,11H,4-7,9-10H2,1H3,(H2,21,27)(H,28,29). The Morgan fingerprint density at radius 1 is 1.33 bits per heavy atom. The maximum atomic E-state index is 13.3. The first-order valence-corrected chi connectivity index (χ1v) is 11.2. The minimum absolute atomic E-state index is 0.0130. The predicted molar refractivity (Wildman–Crippen MR) is 108 cm³/mol. The van der Waals surface area contributed by atoms with Gasteiger partial charge in [0.05, 0.1) is 13.7 Å². The molecule has 2 amide bonds. The van der Waals surface area contributed by atoms with Gasteiger partial charge in [0.1, 0.15) is 17.2 Å². The summed E-state index contributed by atoms with van der Waals surface area (Å²) in [5.41, 5.74) is 5.28. The molecule has 0 radical (unpaired) electrons. The van der Waals surface area contributed by atoms with Gasteiger partial charge in [0.25, 0.3) is 10.0 Å². The molecule has 3 N–H and O–H groups in total. The van der Waals surface area contributed by atoms with E-state index < -0.39 is 39.4 Å². The number of benzene rings is 1. The Hall–Kier alpha value is -3.36. The monoisotopic (exact) mass is 488 g/mol. The smallest absolute Gasteiger partial charge is 0.421 e. The summed E-state index contributed by atoms with van der Waals surface area (Å²) in [4.78, 5) is 23.3. The highest BCUT2D eigenvalue weighted by atomic mass is 32.2. The number of nitrogens with zero attached hydrogens (tertiary/aromatic N) is 5. The van der Waals surface area contributed by atoms with Gasteiger partial charge >= 0.3 is 6.09 Å². The Morgan fingerprint density at radius 3 is 2.58 bits per heavy atom. The first kappa shape index (κ1) is 24.3. The second kappa shape index (κ2) is 9.25. The number of primary amides is 1. The zero-order valence-electron chi connectivity index (χ0n) is 17.5. The number of amides is 2. The van der Waals surface area contributed by atoms with Crippen LogP contribution in [0.5, 0.6) is 5.75 Å². The Balaban J connectivity index is 1.83. The van der Waals surface area contributed by atoms with E-state index in [0.717, 1.165) is 6.07 Å². The zero-order valence-corrected chi connectivity index (χ0v) is 18.3. The minimum atomic E-state index is -4.68. The van der Waals surface area contributed by atoms with Crippen LogP contribution in [0.1, 0.15) is 25.7 Å². The molecule has 15 heteroatoms. The van der Waals surface area contributed by atoms with E-state index in [1.54, 1.807) is 0 Å². The summed E-state index contributed by atoms with van der Waals surface area (Å²) in [6.45, 7) is -0.751. The Kier molecular flexibility index (Phi) is 6.81. The third kappa shape index (κ3) is 5.53. The molecule has 1 aliphatic rings. The number of ether oxygens (including phenoxy) is 1. The molecule has 3 rings (SSSR count). The van der Waals surface area contributed by atoms with Gasteiger partial charge in [-0.05, 0) is 42.2 Å². The Labute approximate surface area is 187 Å². The molecule has 0 aliphatic heterocycles. The summed E-state index contributed by atoms with van der Waals surface area (Å²) in [6.07, 6.45) is -1.57. The molecule has 0 spiro atoms. The van der Waals surface area contributed by atoms with Crippen LogP contribution in [0.2, 0.25) is 0 Å². The molecule has 1 aromatic heterocycles. The van der Waals surface area contributed by atoms with Crippen molar-refractivity contribution >= 4 is 22.0 Å².